The minimum Gasteiger partial charge on any atom is -0.393 e. The summed E-state index contributed by atoms with van der Waals surface area (Å²) in [7, 11) is 0. The van der Waals surface area contributed by atoms with Crippen molar-refractivity contribution in [2.24, 2.45) is 11.6 Å². The average Bonchev–Trinajstić information content (AvgIpc) is 3.25. The quantitative estimate of drug-likeness (QED) is 0.126. The molecule has 1 fully saturated rings. The molecule has 1 aliphatic rings. The van der Waals surface area contributed by atoms with Crippen LogP contribution in [0.4, 0.5) is 35.1 Å². The molecule has 0 aliphatic heterocycles. The number of nitrogens with one attached hydrogen (secondary N) is 3. The second-order valence-electron chi connectivity index (χ2n) is 9.40. The fraction of sp³-hybridized carbons (Fsp3) is 0.542. The molecule has 7 N–H and O–H groups in total. The summed E-state index contributed by atoms with van der Waals surface area (Å²) >= 11 is 0. The number of fused-ring (bicyclic) bond motifs is 1. The van der Waals surface area contributed by atoms with Crippen molar-refractivity contribution in [2.45, 2.75) is 76.3 Å². The van der Waals surface area contributed by atoms with Crippen molar-refractivity contribution < 1.29 is 44.7 Å². The van der Waals surface area contributed by atoms with Gasteiger partial charge in [0, 0.05) is 32.0 Å². The van der Waals surface area contributed by atoms with Gasteiger partial charge in [0.1, 0.15) is 18.1 Å². The molecule has 0 bridgehead atoms. The maximum absolute atomic E-state index is 12.3. The van der Waals surface area contributed by atoms with Crippen LogP contribution in [0.2, 0.25) is 0 Å². The van der Waals surface area contributed by atoms with Gasteiger partial charge in [0.2, 0.25) is 11.8 Å². The van der Waals surface area contributed by atoms with Crippen LogP contribution in [0.15, 0.2) is 30.1 Å². The fourth-order valence-corrected chi connectivity index (χ4v) is 3.67. The molecule has 2 amide bonds. The van der Waals surface area contributed by atoms with Gasteiger partial charge in [0.05, 0.1) is 24.0 Å². The molecule has 230 valence electrons. The number of halogens is 8. The highest BCUT2D eigenvalue weighted by atomic mass is 19.4. The summed E-state index contributed by atoms with van der Waals surface area (Å²) in [5.41, 5.74) is 6.53. The molecule has 2 aromatic rings. The number of rotatable bonds is 9. The summed E-state index contributed by atoms with van der Waals surface area (Å²) in [5, 5.41) is 5.00. The number of alkyl halides is 8. The normalized spacial score (nSPS) is 15.6. The highest BCUT2D eigenvalue weighted by Gasteiger charge is 2.30. The van der Waals surface area contributed by atoms with E-state index in [0.29, 0.717) is 41.5 Å². The van der Waals surface area contributed by atoms with Crippen LogP contribution >= 0.6 is 0 Å². The number of hydrogen-bond donors (Lipinski definition) is 5. The van der Waals surface area contributed by atoms with E-state index in [1.54, 1.807) is 18.2 Å². The smallest absolute Gasteiger partial charge is 0.393 e. The first-order chi connectivity index (χ1) is 18.9. The zero-order chi connectivity index (χ0) is 30.8. The van der Waals surface area contributed by atoms with Gasteiger partial charge in [-0.2, -0.15) is 26.3 Å². The number of hydrogen-bond acceptors (Lipinski definition) is 6. The van der Waals surface area contributed by atoms with Gasteiger partial charge in [-0.15, -0.1) is 0 Å². The van der Waals surface area contributed by atoms with Gasteiger partial charge in [-0.1, -0.05) is 12.5 Å². The van der Waals surface area contributed by atoms with E-state index in [4.69, 9.17) is 11.6 Å². The number of H-pyrrole nitrogens is 1. The summed E-state index contributed by atoms with van der Waals surface area (Å²) in [4.78, 5) is 30.6. The minimum absolute atomic E-state index is 0.00651. The molecule has 0 saturated heterocycles. The molecule has 3 rings (SSSR count). The number of benzene rings is 1. The molecule has 1 aliphatic carbocycles. The molecule has 0 spiro atoms. The largest absolute Gasteiger partial charge is 0.407 e. The van der Waals surface area contributed by atoms with Crippen molar-refractivity contribution in [2.75, 3.05) is 6.54 Å². The molecule has 1 aromatic heterocycles. The van der Waals surface area contributed by atoms with Crippen molar-refractivity contribution in [1.29, 1.82) is 0 Å². The predicted molar refractivity (Wildman–Crippen MR) is 132 cm³/mol. The standard InChI is InChI=1S/C18H21F6N7O2.C6H10F2/c19-17(20,21)4-3-15(32)27-6-10-1-2-12-13(5-10)30-14(29-12)7-28-16(33)11(25)8-31(26)9-18(22,23)24;7-6(8)4-2-1-3-5-6/h1-2,5,8H,3-4,6-7,9,25-26H2,(H,27,32)(H,28,33)(H,29,30);1-5H2/b11-8-;. The Morgan fingerprint density at radius 2 is 1.68 bits per heavy atom. The van der Waals surface area contributed by atoms with Crippen LogP contribution in [0.25, 0.3) is 11.0 Å². The van der Waals surface area contributed by atoms with E-state index in [1.165, 1.54) is 0 Å². The topological polar surface area (TPSA) is 142 Å². The lowest BCUT2D eigenvalue weighted by atomic mass is 9.97. The highest BCUT2D eigenvalue weighted by Crippen LogP contribution is 2.32. The maximum Gasteiger partial charge on any atom is 0.407 e. The molecule has 1 heterocycles. The Morgan fingerprint density at radius 1 is 1.02 bits per heavy atom. The van der Waals surface area contributed by atoms with Crippen LogP contribution in [0.5, 0.6) is 0 Å². The number of aromatic nitrogens is 2. The zero-order valence-electron chi connectivity index (χ0n) is 21.8. The Hall–Kier alpha value is -3.63. The Kier molecular flexibility index (Phi) is 11.7. The molecular formula is C24H31F8N7O2. The molecule has 0 atom stereocenters. The van der Waals surface area contributed by atoms with E-state index in [-0.39, 0.29) is 30.9 Å². The first-order valence-corrected chi connectivity index (χ1v) is 12.4. The third-order valence-electron chi connectivity index (χ3n) is 5.65. The monoisotopic (exact) mass is 601 g/mol. The minimum atomic E-state index is -4.57. The lowest BCUT2D eigenvalue weighted by Gasteiger charge is -2.20. The Bertz CT molecular complexity index is 1190. The number of carbonyl (C=O) groups excluding carboxylic acids is 2. The van der Waals surface area contributed by atoms with E-state index < -0.39 is 55.2 Å². The summed E-state index contributed by atoms with van der Waals surface area (Å²) in [6.07, 6.45) is -7.55. The first-order valence-electron chi connectivity index (χ1n) is 12.4. The maximum atomic E-state index is 12.3. The third-order valence-corrected chi connectivity index (χ3v) is 5.65. The second-order valence-corrected chi connectivity index (χ2v) is 9.40. The van der Waals surface area contributed by atoms with E-state index in [2.05, 4.69) is 20.6 Å². The van der Waals surface area contributed by atoms with E-state index in [0.717, 1.165) is 6.42 Å². The number of nitrogens with zero attached hydrogens (tertiary/aromatic N) is 2. The Morgan fingerprint density at radius 3 is 2.24 bits per heavy atom. The summed E-state index contributed by atoms with van der Waals surface area (Å²) in [6.45, 7) is -1.61. The summed E-state index contributed by atoms with van der Waals surface area (Å²) in [5.74, 6) is 1.51. The van der Waals surface area contributed by atoms with Gasteiger partial charge in [0.15, 0.2) is 0 Å². The van der Waals surface area contributed by atoms with Gasteiger partial charge in [-0.3, -0.25) is 9.59 Å². The van der Waals surface area contributed by atoms with Gasteiger partial charge < -0.3 is 26.4 Å². The van der Waals surface area contributed by atoms with Gasteiger partial charge in [0.25, 0.3) is 5.91 Å². The molecule has 1 aromatic carbocycles. The molecular weight excluding hydrogens is 570 g/mol. The van der Waals surface area contributed by atoms with Gasteiger partial charge in [-0.05, 0) is 30.5 Å². The third kappa shape index (κ3) is 13.5. The SMILES string of the molecule is FC1(F)CCCCC1.N/C(=C\N(N)CC(F)(F)F)C(=O)NCc1nc2ccc(CNC(=O)CCC(F)(F)F)cc2[nH]1. The van der Waals surface area contributed by atoms with Crippen molar-refractivity contribution in [3.05, 3.63) is 41.5 Å². The fourth-order valence-electron chi connectivity index (χ4n) is 3.67. The lowest BCUT2D eigenvalue weighted by molar-refractivity contribution is -0.144. The van der Waals surface area contributed by atoms with Gasteiger partial charge in [-0.25, -0.2) is 19.6 Å². The zero-order valence-corrected chi connectivity index (χ0v) is 21.8. The van der Waals surface area contributed by atoms with E-state index in [1.807, 2.05) is 0 Å². The van der Waals surface area contributed by atoms with Crippen molar-refractivity contribution >= 4 is 22.8 Å². The van der Waals surface area contributed by atoms with Crippen LogP contribution in [0.3, 0.4) is 0 Å². The van der Waals surface area contributed by atoms with Crippen LogP contribution < -0.4 is 22.2 Å². The van der Waals surface area contributed by atoms with Crippen LogP contribution in [0.1, 0.15) is 56.3 Å². The highest BCUT2D eigenvalue weighted by molar-refractivity contribution is 5.92. The number of nitrogens with two attached hydrogens (primary N) is 2. The Labute approximate surface area is 229 Å². The number of imidazole rings is 1. The predicted octanol–water partition coefficient (Wildman–Crippen LogP) is 4.26. The van der Waals surface area contributed by atoms with Crippen molar-refractivity contribution in [3.63, 3.8) is 0 Å². The average molecular weight is 602 g/mol. The van der Waals surface area contributed by atoms with Crippen LogP contribution in [-0.4, -0.2) is 51.6 Å². The molecule has 9 nitrogen and oxygen atoms in total. The molecule has 0 radical (unpaired) electrons. The number of carbonyl (C=O) groups is 2. The van der Waals surface area contributed by atoms with Crippen molar-refractivity contribution in [3.8, 4) is 0 Å². The van der Waals surface area contributed by atoms with E-state index in [9.17, 15) is 44.7 Å². The van der Waals surface area contributed by atoms with Crippen LogP contribution in [0, 0.1) is 0 Å². The molecule has 17 heteroatoms. The number of hydrazine groups is 1. The van der Waals surface area contributed by atoms with E-state index >= 15 is 0 Å². The first kappa shape index (κ1) is 33.6. The summed E-state index contributed by atoms with van der Waals surface area (Å²) in [6, 6.07) is 4.84. The number of aromatic amines is 1. The van der Waals surface area contributed by atoms with Crippen molar-refractivity contribution in [1.82, 2.24) is 25.6 Å². The molecule has 0 unspecified atom stereocenters. The molecule has 41 heavy (non-hydrogen) atoms. The Balaban J connectivity index is 0.000000629. The summed E-state index contributed by atoms with van der Waals surface area (Å²) < 4.78 is 97.6. The number of amides is 2. The second kappa shape index (κ2) is 14.3. The molecule has 1 saturated carbocycles. The lowest BCUT2D eigenvalue weighted by Crippen LogP contribution is -2.38. The van der Waals surface area contributed by atoms with Gasteiger partial charge >= 0.3 is 12.4 Å². The van der Waals surface area contributed by atoms with Crippen LogP contribution in [-0.2, 0) is 22.7 Å².